The Morgan fingerprint density at radius 2 is 1.62 bits per heavy atom. The predicted octanol–water partition coefficient (Wildman–Crippen LogP) is 0.580. The zero-order valence-electron chi connectivity index (χ0n) is 14.5. The molecule has 0 N–H and O–H groups in total. The van der Waals surface area contributed by atoms with Crippen LogP contribution < -0.4 is 16.1 Å². The van der Waals surface area contributed by atoms with Crippen LogP contribution in [0.15, 0.2) is 39.9 Å². The average molecular weight is 360 g/mol. The SMILES string of the molecule is CC1C(=O)N(Cc2cc(=O)n(C)c(=O)n2C)C(=O)N1c1ccc(F)cc1. The highest BCUT2D eigenvalue weighted by Crippen LogP contribution is 2.26. The minimum atomic E-state index is -0.781. The Labute approximate surface area is 147 Å². The van der Waals surface area contributed by atoms with Crippen molar-refractivity contribution in [2.24, 2.45) is 14.1 Å². The number of halogens is 1. The van der Waals surface area contributed by atoms with Crippen molar-refractivity contribution in [2.45, 2.75) is 19.5 Å². The van der Waals surface area contributed by atoms with Crippen molar-refractivity contribution in [1.29, 1.82) is 0 Å². The molecule has 8 nitrogen and oxygen atoms in total. The maximum Gasteiger partial charge on any atom is 0.332 e. The zero-order valence-corrected chi connectivity index (χ0v) is 14.5. The number of nitrogens with zero attached hydrogens (tertiary/aromatic N) is 4. The third-order valence-corrected chi connectivity index (χ3v) is 4.50. The van der Waals surface area contributed by atoms with Gasteiger partial charge in [0.25, 0.3) is 11.5 Å². The van der Waals surface area contributed by atoms with Crippen LogP contribution in [-0.2, 0) is 25.4 Å². The fourth-order valence-electron chi connectivity index (χ4n) is 2.90. The molecular weight excluding hydrogens is 343 g/mol. The molecule has 1 aromatic carbocycles. The topological polar surface area (TPSA) is 84.6 Å². The molecule has 0 aliphatic carbocycles. The molecule has 1 aromatic heterocycles. The number of rotatable bonds is 3. The highest BCUT2D eigenvalue weighted by Gasteiger charge is 2.43. The lowest BCUT2D eigenvalue weighted by Crippen LogP contribution is -2.40. The normalized spacial score (nSPS) is 17.3. The Kier molecular flexibility index (Phi) is 4.23. The van der Waals surface area contributed by atoms with Crippen molar-refractivity contribution < 1.29 is 14.0 Å². The predicted molar refractivity (Wildman–Crippen MR) is 91.2 cm³/mol. The smallest absolute Gasteiger partial charge is 0.299 e. The highest BCUT2D eigenvalue weighted by atomic mass is 19.1. The molecule has 0 bridgehead atoms. The van der Waals surface area contributed by atoms with E-state index in [1.54, 1.807) is 6.92 Å². The zero-order chi connectivity index (χ0) is 19.2. The number of benzene rings is 1. The molecule has 136 valence electrons. The molecule has 1 aliphatic rings. The van der Waals surface area contributed by atoms with Gasteiger partial charge in [0.05, 0.1) is 6.54 Å². The van der Waals surface area contributed by atoms with E-state index in [9.17, 15) is 23.6 Å². The van der Waals surface area contributed by atoms with Crippen molar-refractivity contribution in [3.05, 3.63) is 62.7 Å². The van der Waals surface area contributed by atoms with Crippen molar-refractivity contribution in [3.63, 3.8) is 0 Å². The van der Waals surface area contributed by atoms with Gasteiger partial charge in [-0.25, -0.2) is 14.0 Å². The van der Waals surface area contributed by atoms with Gasteiger partial charge in [-0.3, -0.25) is 28.5 Å². The van der Waals surface area contributed by atoms with Gasteiger partial charge in [-0.1, -0.05) is 0 Å². The summed E-state index contributed by atoms with van der Waals surface area (Å²) in [7, 11) is 2.81. The van der Waals surface area contributed by atoms with Gasteiger partial charge < -0.3 is 0 Å². The summed E-state index contributed by atoms with van der Waals surface area (Å²) in [5.74, 6) is -0.918. The van der Waals surface area contributed by atoms with Crippen LogP contribution >= 0.6 is 0 Å². The second-order valence-corrected chi connectivity index (χ2v) is 6.10. The van der Waals surface area contributed by atoms with E-state index >= 15 is 0 Å². The van der Waals surface area contributed by atoms with Crippen LogP contribution in [0, 0.1) is 5.82 Å². The van der Waals surface area contributed by atoms with Crippen LogP contribution in [0.1, 0.15) is 12.6 Å². The van der Waals surface area contributed by atoms with E-state index in [1.165, 1.54) is 53.9 Å². The lowest BCUT2D eigenvalue weighted by Gasteiger charge is -2.19. The second kappa shape index (κ2) is 6.25. The standard InChI is InChI=1S/C17H17FN4O4/c1-10-15(24)21(9-13-8-14(23)20(3)16(25)19(13)2)17(26)22(10)12-6-4-11(18)5-7-12/h4-8,10H,9H2,1-3H3. The molecule has 2 aromatic rings. The van der Waals surface area contributed by atoms with Crippen molar-refractivity contribution in [1.82, 2.24) is 14.0 Å². The quantitative estimate of drug-likeness (QED) is 0.750. The van der Waals surface area contributed by atoms with Crippen LogP contribution in [0.4, 0.5) is 14.9 Å². The van der Waals surface area contributed by atoms with Crippen LogP contribution in [0.3, 0.4) is 0 Å². The van der Waals surface area contributed by atoms with Gasteiger partial charge >= 0.3 is 11.7 Å². The van der Waals surface area contributed by atoms with Gasteiger partial charge in [0.15, 0.2) is 0 Å². The number of aromatic nitrogens is 2. The molecule has 3 amide bonds. The van der Waals surface area contributed by atoms with Crippen LogP contribution in [-0.4, -0.2) is 32.0 Å². The Morgan fingerprint density at radius 3 is 2.23 bits per heavy atom. The molecule has 1 fully saturated rings. The molecule has 1 aliphatic heterocycles. The van der Waals surface area contributed by atoms with E-state index < -0.39 is 35.0 Å². The Morgan fingerprint density at radius 1 is 1.00 bits per heavy atom. The van der Waals surface area contributed by atoms with Crippen molar-refractivity contribution in [2.75, 3.05) is 4.90 Å². The first-order valence-corrected chi connectivity index (χ1v) is 7.88. The number of hydrogen-bond acceptors (Lipinski definition) is 4. The van der Waals surface area contributed by atoms with Gasteiger partial charge in [0.1, 0.15) is 11.9 Å². The summed E-state index contributed by atoms with van der Waals surface area (Å²) < 4.78 is 15.3. The largest absolute Gasteiger partial charge is 0.332 e. The molecule has 26 heavy (non-hydrogen) atoms. The molecule has 3 rings (SSSR count). The summed E-state index contributed by atoms with van der Waals surface area (Å²) in [6.07, 6.45) is 0. The van der Waals surface area contributed by atoms with Crippen LogP contribution in [0.25, 0.3) is 0 Å². The van der Waals surface area contributed by atoms with Crippen LogP contribution in [0.5, 0.6) is 0 Å². The van der Waals surface area contributed by atoms with Gasteiger partial charge in [0, 0.05) is 31.5 Å². The fourth-order valence-corrected chi connectivity index (χ4v) is 2.90. The van der Waals surface area contributed by atoms with Gasteiger partial charge in [0.2, 0.25) is 0 Å². The lowest BCUT2D eigenvalue weighted by molar-refractivity contribution is -0.127. The summed E-state index contributed by atoms with van der Waals surface area (Å²) in [5, 5.41) is 0. The Balaban J connectivity index is 1.96. The Bertz CT molecular complexity index is 1010. The third-order valence-electron chi connectivity index (χ3n) is 4.50. The molecule has 1 atom stereocenters. The summed E-state index contributed by atoms with van der Waals surface area (Å²) in [4.78, 5) is 51.4. The van der Waals surface area contributed by atoms with Crippen LogP contribution in [0.2, 0.25) is 0 Å². The molecule has 9 heteroatoms. The first-order chi connectivity index (χ1) is 12.2. The maximum absolute atomic E-state index is 13.1. The summed E-state index contributed by atoms with van der Waals surface area (Å²) in [5.41, 5.74) is -0.439. The highest BCUT2D eigenvalue weighted by molar-refractivity contribution is 6.13. The van der Waals surface area contributed by atoms with Crippen molar-refractivity contribution in [3.8, 4) is 0 Å². The van der Waals surface area contributed by atoms with Gasteiger partial charge in [-0.2, -0.15) is 0 Å². The maximum atomic E-state index is 13.1. The van der Waals surface area contributed by atoms with E-state index in [-0.39, 0.29) is 12.2 Å². The average Bonchev–Trinajstić information content (AvgIpc) is 2.82. The second-order valence-electron chi connectivity index (χ2n) is 6.10. The van der Waals surface area contributed by atoms with E-state index in [1.807, 2.05) is 0 Å². The van der Waals surface area contributed by atoms with Gasteiger partial charge in [-0.05, 0) is 31.2 Å². The van der Waals surface area contributed by atoms with E-state index in [0.29, 0.717) is 5.69 Å². The summed E-state index contributed by atoms with van der Waals surface area (Å²) in [6.45, 7) is 1.36. The van der Waals surface area contributed by atoms with E-state index in [4.69, 9.17) is 0 Å². The molecule has 2 heterocycles. The first kappa shape index (κ1) is 17.6. The summed E-state index contributed by atoms with van der Waals surface area (Å²) in [6, 6.07) is 5.06. The molecule has 0 saturated carbocycles. The minimum absolute atomic E-state index is 0.207. The number of imide groups is 1. The molecule has 0 radical (unpaired) electrons. The van der Waals surface area contributed by atoms with Crippen molar-refractivity contribution >= 4 is 17.6 Å². The molecule has 1 unspecified atom stereocenters. The number of urea groups is 1. The van der Waals surface area contributed by atoms with E-state index in [0.717, 1.165) is 9.47 Å². The van der Waals surface area contributed by atoms with Gasteiger partial charge in [-0.15, -0.1) is 0 Å². The Hall–Kier alpha value is -3.23. The number of amides is 3. The molecular formula is C17H17FN4O4. The number of carbonyl (C=O) groups is 2. The number of anilines is 1. The molecule has 1 saturated heterocycles. The fraction of sp³-hybridized carbons (Fsp3) is 0.294. The number of hydrogen-bond donors (Lipinski definition) is 0. The molecule has 0 spiro atoms. The first-order valence-electron chi connectivity index (χ1n) is 7.88. The minimum Gasteiger partial charge on any atom is -0.299 e. The summed E-state index contributed by atoms with van der Waals surface area (Å²) >= 11 is 0. The monoisotopic (exact) mass is 360 g/mol. The van der Waals surface area contributed by atoms with E-state index in [2.05, 4.69) is 0 Å². The number of carbonyl (C=O) groups excluding carboxylic acids is 2. The lowest BCUT2D eigenvalue weighted by atomic mass is 10.2. The third kappa shape index (κ3) is 2.71.